The molecule has 1 amide bonds. The molecule has 0 aliphatic carbocycles. The molecule has 1 aromatic rings. The largest absolute Gasteiger partial charge is 0.368 e. The normalized spacial score (nSPS) is 32.3. The molecule has 3 heterocycles. The van der Waals surface area contributed by atoms with Gasteiger partial charge >= 0.3 is 0 Å². The van der Waals surface area contributed by atoms with Gasteiger partial charge in [-0.25, -0.2) is 8.42 Å². The van der Waals surface area contributed by atoms with Crippen LogP contribution in [0.15, 0.2) is 33.7 Å². The first-order valence-corrected chi connectivity index (χ1v) is 11.6. The van der Waals surface area contributed by atoms with E-state index in [1.54, 1.807) is 0 Å². The summed E-state index contributed by atoms with van der Waals surface area (Å²) in [5.74, 6) is -0.0626. The molecule has 0 aromatic heterocycles. The first-order valence-electron chi connectivity index (χ1n) is 8.09. The molecular formula is C16H17BrN2O4S2. The summed E-state index contributed by atoms with van der Waals surface area (Å²) in [6, 6.07) is 7.43. The number of halogens is 1. The lowest BCUT2D eigenvalue weighted by Gasteiger charge is -2.24. The predicted molar refractivity (Wildman–Crippen MR) is 102 cm³/mol. The molecule has 3 fully saturated rings. The van der Waals surface area contributed by atoms with Gasteiger partial charge < -0.3 is 9.64 Å². The molecule has 0 spiro atoms. The van der Waals surface area contributed by atoms with Crippen LogP contribution in [0.5, 0.6) is 0 Å². The van der Waals surface area contributed by atoms with Crippen molar-refractivity contribution in [2.24, 2.45) is 4.99 Å². The van der Waals surface area contributed by atoms with Crippen LogP contribution in [0, 0.1) is 0 Å². The summed E-state index contributed by atoms with van der Waals surface area (Å²) in [6.45, 7) is 0.591. The summed E-state index contributed by atoms with van der Waals surface area (Å²) < 4.78 is 30.4. The molecule has 1 aromatic carbocycles. The zero-order valence-corrected chi connectivity index (χ0v) is 16.5. The standard InChI is InChI=1S/C16H17BrN2O4S2/c17-10-3-1-4-11(7-10)19-12-8-25(21,22)9-14(12)24-16(19)18-15(20)13-5-2-6-23-13/h1,3-4,7,12-14H,2,5-6,8-9H2/t12-,13+,14-/m0/s1. The molecule has 3 saturated heterocycles. The molecule has 6 nitrogen and oxygen atoms in total. The molecule has 3 atom stereocenters. The summed E-state index contributed by atoms with van der Waals surface area (Å²) in [7, 11) is -3.06. The van der Waals surface area contributed by atoms with Gasteiger partial charge in [-0.1, -0.05) is 33.8 Å². The zero-order chi connectivity index (χ0) is 17.6. The predicted octanol–water partition coefficient (Wildman–Crippen LogP) is 2.23. The van der Waals surface area contributed by atoms with Gasteiger partial charge in [0, 0.05) is 22.0 Å². The van der Waals surface area contributed by atoms with Crippen molar-refractivity contribution >= 4 is 54.3 Å². The van der Waals surface area contributed by atoms with Crippen LogP contribution in [-0.2, 0) is 19.4 Å². The van der Waals surface area contributed by atoms with E-state index in [9.17, 15) is 13.2 Å². The second-order valence-electron chi connectivity index (χ2n) is 6.38. The fourth-order valence-corrected chi connectivity index (χ4v) is 7.74. The van der Waals surface area contributed by atoms with Gasteiger partial charge in [0.25, 0.3) is 5.91 Å². The van der Waals surface area contributed by atoms with Crippen molar-refractivity contribution in [3.8, 4) is 0 Å². The summed E-state index contributed by atoms with van der Waals surface area (Å²) in [6.07, 6.45) is 1.09. The third kappa shape index (κ3) is 3.51. The number of amides is 1. The molecule has 0 radical (unpaired) electrons. The molecule has 0 N–H and O–H groups in total. The van der Waals surface area contributed by atoms with Crippen LogP contribution < -0.4 is 4.90 Å². The monoisotopic (exact) mass is 444 g/mol. The minimum absolute atomic E-state index is 0.0876. The number of aliphatic imine (C=N–C) groups is 1. The van der Waals surface area contributed by atoms with Crippen molar-refractivity contribution < 1.29 is 17.9 Å². The van der Waals surface area contributed by atoms with E-state index in [-0.39, 0.29) is 28.7 Å². The molecule has 25 heavy (non-hydrogen) atoms. The number of hydrogen-bond acceptors (Lipinski definition) is 5. The highest BCUT2D eigenvalue weighted by atomic mass is 79.9. The summed E-state index contributed by atoms with van der Waals surface area (Å²) in [4.78, 5) is 18.6. The smallest absolute Gasteiger partial charge is 0.277 e. The quantitative estimate of drug-likeness (QED) is 0.695. The molecule has 3 aliphatic rings. The second-order valence-corrected chi connectivity index (χ2v) is 10.7. The van der Waals surface area contributed by atoms with Gasteiger partial charge in [0.1, 0.15) is 6.10 Å². The summed E-state index contributed by atoms with van der Waals surface area (Å²) >= 11 is 4.83. The third-order valence-corrected chi connectivity index (χ3v) is 8.27. The van der Waals surface area contributed by atoms with Gasteiger partial charge in [-0.2, -0.15) is 4.99 Å². The van der Waals surface area contributed by atoms with Crippen molar-refractivity contribution in [3.63, 3.8) is 0 Å². The van der Waals surface area contributed by atoms with Crippen LogP contribution in [0.4, 0.5) is 5.69 Å². The number of sulfone groups is 1. The number of nitrogens with zero attached hydrogens (tertiary/aromatic N) is 2. The maximum Gasteiger partial charge on any atom is 0.277 e. The molecule has 0 bridgehead atoms. The van der Waals surface area contributed by atoms with E-state index in [4.69, 9.17) is 4.74 Å². The van der Waals surface area contributed by atoms with Crippen molar-refractivity contribution in [3.05, 3.63) is 28.7 Å². The fourth-order valence-electron chi connectivity index (χ4n) is 3.43. The summed E-state index contributed by atoms with van der Waals surface area (Å²) in [5.41, 5.74) is 0.838. The Morgan fingerprint density at radius 1 is 1.36 bits per heavy atom. The molecule has 4 rings (SSSR count). The number of thioether (sulfide) groups is 1. The van der Waals surface area contributed by atoms with E-state index in [0.29, 0.717) is 18.2 Å². The lowest BCUT2D eigenvalue weighted by Crippen LogP contribution is -2.38. The molecule has 0 unspecified atom stereocenters. The van der Waals surface area contributed by atoms with Crippen molar-refractivity contribution in [1.29, 1.82) is 0 Å². The Labute approximate surface area is 159 Å². The highest BCUT2D eigenvalue weighted by molar-refractivity contribution is 9.10. The van der Waals surface area contributed by atoms with Crippen LogP contribution in [0.2, 0.25) is 0 Å². The Morgan fingerprint density at radius 2 is 2.20 bits per heavy atom. The number of amidine groups is 1. The molecule has 9 heteroatoms. The van der Waals surface area contributed by atoms with Gasteiger partial charge in [-0.15, -0.1) is 0 Å². The Morgan fingerprint density at radius 3 is 2.92 bits per heavy atom. The van der Waals surface area contributed by atoms with Gasteiger partial charge in [-0.05, 0) is 31.0 Å². The molecular weight excluding hydrogens is 428 g/mol. The maximum atomic E-state index is 12.4. The van der Waals surface area contributed by atoms with Crippen LogP contribution in [0.25, 0.3) is 0 Å². The van der Waals surface area contributed by atoms with Crippen molar-refractivity contribution in [1.82, 2.24) is 0 Å². The third-order valence-electron chi connectivity index (χ3n) is 4.56. The SMILES string of the molecule is O=C(N=C1S[C@H]2CS(=O)(=O)C[C@@H]2N1c1cccc(Br)c1)[C@H]1CCCO1. The van der Waals surface area contributed by atoms with Gasteiger partial charge in [0.05, 0.1) is 17.5 Å². The number of anilines is 1. The Kier molecular flexibility index (Phi) is 4.68. The first kappa shape index (κ1) is 17.5. The first-order chi connectivity index (χ1) is 11.9. The van der Waals surface area contributed by atoms with Gasteiger partial charge in [-0.3, -0.25) is 4.79 Å². The van der Waals surface area contributed by atoms with Crippen LogP contribution in [0.3, 0.4) is 0 Å². The van der Waals surface area contributed by atoms with Crippen molar-refractivity contribution in [2.75, 3.05) is 23.0 Å². The lowest BCUT2D eigenvalue weighted by molar-refractivity contribution is -0.126. The highest BCUT2D eigenvalue weighted by Crippen LogP contribution is 2.41. The highest BCUT2D eigenvalue weighted by Gasteiger charge is 2.49. The number of benzene rings is 1. The summed E-state index contributed by atoms with van der Waals surface area (Å²) in [5, 5.41) is 0.475. The van der Waals surface area contributed by atoms with Crippen LogP contribution in [-0.4, -0.2) is 55.0 Å². The molecule has 3 aliphatic heterocycles. The molecule has 134 valence electrons. The number of carbonyl (C=O) groups excluding carboxylic acids is 1. The minimum Gasteiger partial charge on any atom is -0.368 e. The van der Waals surface area contributed by atoms with E-state index >= 15 is 0 Å². The van der Waals surface area contributed by atoms with E-state index in [2.05, 4.69) is 20.9 Å². The zero-order valence-electron chi connectivity index (χ0n) is 13.3. The number of rotatable bonds is 2. The number of fused-ring (bicyclic) bond motifs is 1. The number of carbonyl (C=O) groups is 1. The maximum absolute atomic E-state index is 12.4. The van der Waals surface area contributed by atoms with E-state index in [1.807, 2.05) is 29.2 Å². The van der Waals surface area contributed by atoms with E-state index in [1.165, 1.54) is 11.8 Å². The second kappa shape index (κ2) is 6.68. The average molecular weight is 445 g/mol. The Hall–Kier alpha value is -0.900. The topological polar surface area (TPSA) is 76.0 Å². The lowest BCUT2D eigenvalue weighted by atomic mass is 10.2. The van der Waals surface area contributed by atoms with Crippen LogP contribution >= 0.6 is 27.7 Å². The Balaban J connectivity index is 1.69. The van der Waals surface area contributed by atoms with E-state index < -0.39 is 15.9 Å². The molecule has 0 saturated carbocycles. The number of ether oxygens (including phenoxy) is 1. The van der Waals surface area contributed by atoms with E-state index in [0.717, 1.165) is 16.6 Å². The van der Waals surface area contributed by atoms with Gasteiger partial charge in [0.15, 0.2) is 15.0 Å². The van der Waals surface area contributed by atoms with Gasteiger partial charge in [0.2, 0.25) is 0 Å². The average Bonchev–Trinajstić information content (AvgIpc) is 3.21. The number of hydrogen-bond donors (Lipinski definition) is 0. The Bertz CT molecular complexity index is 836. The van der Waals surface area contributed by atoms with Crippen LogP contribution in [0.1, 0.15) is 12.8 Å². The fraction of sp³-hybridized carbons (Fsp3) is 0.500. The van der Waals surface area contributed by atoms with Crippen molar-refractivity contribution in [2.45, 2.75) is 30.2 Å². The minimum atomic E-state index is -3.06.